The van der Waals surface area contributed by atoms with Gasteiger partial charge in [0.15, 0.2) is 0 Å². The van der Waals surface area contributed by atoms with Crippen LogP contribution in [0.4, 0.5) is 5.69 Å². The number of aryl methyl sites for hydroxylation is 1. The van der Waals surface area contributed by atoms with Crippen LogP contribution >= 0.6 is 0 Å². The number of nitrogens with one attached hydrogen (secondary N) is 1. The van der Waals surface area contributed by atoms with Gasteiger partial charge in [-0.2, -0.15) is 10.4 Å². The fourth-order valence-corrected chi connectivity index (χ4v) is 1.68. The Morgan fingerprint density at radius 1 is 1.35 bits per heavy atom. The van der Waals surface area contributed by atoms with Gasteiger partial charge in [0.05, 0.1) is 12.3 Å². The van der Waals surface area contributed by atoms with E-state index in [-0.39, 0.29) is 6.04 Å². The van der Waals surface area contributed by atoms with Crippen LogP contribution in [0.15, 0.2) is 36.5 Å². The first-order valence-electron chi connectivity index (χ1n) is 5.42. The highest BCUT2D eigenvalue weighted by atomic mass is 15.3. The summed E-state index contributed by atoms with van der Waals surface area (Å²) in [6.07, 6.45) is 1.74. The SMILES string of the molecule is Cc1c(C(C#N)Nc2ccccc2)cnn1C. The van der Waals surface area contributed by atoms with Crippen molar-refractivity contribution < 1.29 is 0 Å². The molecule has 0 saturated heterocycles. The molecular formula is C13H14N4. The molecular weight excluding hydrogens is 212 g/mol. The highest BCUT2D eigenvalue weighted by molar-refractivity contribution is 5.47. The van der Waals surface area contributed by atoms with E-state index in [4.69, 9.17) is 0 Å². The summed E-state index contributed by atoms with van der Waals surface area (Å²) in [5.74, 6) is 0. The van der Waals surface area contributed by atoms with Crippen LogP contribution in [0.1, 0.15) is 17.3 Å². The molecule has 1 N–H and O–H groups in total. The fourth-order valence-electron chi connectivity index (χ4n) is 1.68. The first-order chi connectivity index (χ1) is 8.22. The molecule has 0 aliphatic heterocycles. The van der Waals surface area contributed by atoms with Crippen LogP contribution in [-0.4, -0.2) is 9.78 Å². The predicted molar refractivity (Wildman–Crippen MR) is 66.4 cm³/mol. The maximum Gasteiger partial charge on any atom is 0.143 e. The Labute approximate surface area is 100 Å². The van der Waals surface area contributed by atoms with Crippen molar-refractivity contribution in [2.75, 3.05) is 5.32 Å². The smallest absolute Gasteiger partial charge is 0.143 e. The summed E-state index contributed by atoms with van der Waals surface area (Å²) in [7, 11) is 1.87. The molecule has 0 radical (unpaired) electrons. The lowest BCUT2D eigenvalue weighted by Gasteiger charge is -2.12. The third-order valence-electron chi connectivity index (χ3n) is 2.80. The van der Waals surface area contributed by atoms with E-state index in [0.29, 0.717) is 0 Å². The normalized spacial score (nSPS) is 11.8. The number of hydrogen-bond donors (Lipinski definition) is 1. The highest BCUT2D eigenvalue weighted by Gasteiger charge is 2.15. The Bertz CT molecular complexity index is 536. The van der Waals surface area contributed by atoms with Gasteiger partial charge in [-0.15, -0.1) is 0 Å². The molecule has 1 heterocycles. The summed E-state index contributed by atoms with van der Waals surface area (Å²) < 4.78 is 1.77. The second-order valence-corrected chi connectivity index (χ2v) is 3.88. The zero-order chi connectivity index (χ0) is 12.3. The topological polar surface area (TPSA) is 53.6 Å². The van der Waals surface area contributed by atoms with Crippen LogP contribution in [0.2, 0.25) is 0 Å². The lowest BCUT2D eigenvalue weighted by atomic mass is 10.1. The number of nitrogens with zero attached hydrogens (tertiary/aromatic N) is 3. The van der Waals surface area contributed by atoms with Crippen LogP contribution in [0, 0.1) is 18.3 Å². The van der Waals surface area contributed by atoms with E-state index in [1.54, 1.807) is 10.9 Å². The van der Waals surface area contributed by atoms with E-state index in [1.807, 2.05) is 44.3 Å². The van der Waals surface area contributed by atoms with Crippen molar-refractivity contribution in [3.05, 3.63) is 47.8 Å². The van der Waals surface area contributed by atoms with Crippen molar-refractivity contribution in [2.45, 2.75) is 13.0 Å². The minimum Gasteiger partial charge on any atom is -0.366 e. The highest BCUT2D eigenvalue weighted by Crippen LogP contribution is 2.21. The molecule has 1 aromatic carbocycles. The standard InChI is InChI=1S/C13H14N4/c1-10-12(9-15-17(10)2)13(8-14)16-11-6-4-3-5-7-11/h3-7,9,13,16H,1-2H3. The van der Waals surface area contributed by atoms with E-state index in [9.17, 15) is 5.26 Å². The molecule has 0 bridgehead atoms. The average molecular weight is 226 g/mol. The minimum atomic E-state index is -0.369. The largest absolute Gasteiger partial charge is 0.366 e. The van der Waals surface area contributed by atoms with Gasteiger partial charge in [0.1, 0.15) is 6.04 Å². The molecule has 17 heavy (non-hydrogen) atoms. The average Bonchev–Trinajstić information content (AvgIpc) is 2.69. The van der Waals surface area contributed by atoms with Gasteiger partial charge < -0.3 is 5.32 Å². The molecule has 0 saturated carbocycles. The van der Waals surface area contributed by atoms with Gasteiger partial charge in [0, 0.05) is 24.0 Å². The van der Waals surface area contributed by atoms with Crippen molar-refractivity contribution in [2.24, 2.45) is 7.05 Å². The second-order valence-electron chi connectivity index (χ2n) is 3.88. The summed E-state index contributed by atoms with van der Waals surface area (Å²) in [5.41, 5.74) is 2.85. The number of hydrogen-bond acceptors (Lipinski definition) is 3. The molecule has 86 valence electrons. The number of rotatable bonds is 3. The summed E-state index contributed by atoms with van der Waals surface area (Å²) in [4.78, 5) is 0. The van der Waals surface area contributed by atoms with Gasteiger partial charge in [0.2, 0.25) is 0 Å². The Hall–Kier alpha value is -2.28. The van der Waals surface area contributed by atoms with Crippen molar-refractivity contribution in [1.82, 2.24) is 9.78 Å². The van der Waals surface area contributed by atoms with Crippen LogP contribution in [0.25, 0.3) is 0 Å². The number of anilines is 1. The molecule has 0 amide bonds. The Balaban J connectivity index is 2.24. The van der Waals surface area contributed by atoms with Crippen LogP contribution in [-0.2, 0) is 7.05 Å². The Morgan fingerprint density at radius 2 is 2.06 bits per heavy atom. The summed E-state index contributed by atoms with van der Waals surface area (Å²) in [6, 6.07) is 11.6. The number of benzene rings is 1. The number of nitriles is 1. The van der Waals surface area contributed by atoms with E-state index in [0.717, 1.165) is 16.9 Å². The minimum absolute atomic E-state index is 0.369. The first-order valence-corrected chi connectivity index (χ1v) is 5.42. The van der Waals surface area contributed by atoms with E-state index in [1.165, 1.54) is 0 Å². The third-order valence-corrected chi connectivity index (χ3v) is 2.80. The third kappa shape index (κ3) is 2.28. The monoisotopic (exact) mass is 226 g/mol. The molecule has 0 spiro atoms. The second kappa shape index (κ2) is 4.71. The lowest BCUT2D eigenvalue weighted by molar-refractivity contribution is 0.737. The molecule has 2 aromatic rings. The number of aromatic nitrogens is 2. The first kappa shape index (κ1) is 11.2. The van der Waals surface area contributed by atoms with Crippen LogP contribution < -0.4 is 5.32 Å². The van der Waals surface area contributed by atoms with Gasteiger partial charge in [-0.3, -0.25) is 4.68 Å². The van der Waals surface area contributed by atoms with Gasteiger partial charge in [0.25, 0.3) is 0 Å². The van der Waals surface area contributed by atoms with Crippen molar-refractivity contribution in [3.8, 4) is 6.07 Å². The van der Waals surface area contributed by atoms with E-state index < -0.39 is 0 Å². The summed E-state index contributed by atoms with van der Waals surface area (Å²) in [6.45, 7) is 1.96. The van der Waals surface area contributed by atoms with Crippen LogP contribution in [0.3, 0.4) is 0 Å². The zero-order valence-electron chi connectivity index (χ0n) is 9.88. The van der Waals surface area contributed by atoms with Gasteiger partial charge in [-0.25, -0.2) is 0 Å². The van der Waals surface area contributed by atoms with Crippen molar-refractivity contribution in [3.63, 3.8) is 0 Å². The van der Waals surface area contributed by atoms with E-state index >= 15 is 0 Å². The Morgan fingerprint density at radius 3 is 2.59 bits per heavy atom. The quantitative estimate of drug-likeness (QED) is 0.874. The van der Waals surface area contributed by atoms with Crippen molar-refractivity contribution in [1.29, 1.82) is 5.26 Å². The predicted octanol–water partition coefficient (Wildman–Crippen LogP) is 2.41. The molecule has 0 aliphatic carbocycles. The fraction of sp³-hybridized carbons (Fsp3) is 0.231. The molecule has 1 atom stereocenters. The summed E-state index contributed by atoms with van der Waals surface area (Å²) in [5, 5.41) is 16.6. The molecule has 1 aromatic heterocycles. The molecule has 0 fully saturated rings. The van der Waals surface area contributed by atoms with E-state index in [2.05, 4.69) is 16.5 Å². The molecule has 1 unspecified atom stereocenters. The number of para-hydroxylation sites is 1. The summed E-state index contributed by atoms with van der Waals surface area (Å²) >= 11 is 0. The Kier molecular flexibility index (Phi) is 3.10. The molecule has 4 heteroatoms. The molecule has 0 aliphatic rings. The van der Waals surface area contributed by atoms with Gasteiger partial charge in [-0.1, -0.05) is 18.2 Å². The van der Waals surface area contributed by atoms with Gasteiger partial charge >= 0.3 is 0 Å². The zero-order valence-corrected chi connectivity index (χ0v) is 9.88. The maximum atomic E-state index is 9.22. The maximum absolute atomic E-state index is 9.22. The molecule has 2 rings (SSSR count). The molecule has 4 nitrogen and oxygen atoms in total. The van der Waals surface area contributed by atoms with Gasteiger partial charge in [-0.05, 0) is 19.1 Å². The van der Waals surface area contributed by atoms with Crippen LogP contribution in [0.5, 0.6) is 0 Å². The lowest BCUT2D eigenvalue weighted by Crippen LogP contribution is -2.09. The van der Waals surface area contributed by atoms with Crippen molar-refractivity contribution >= 4 is 5.69 Å².